The van der Waals surface area contributed by atoms with Crippen molar-refractivity contribution in [1.29, 1.82) is 0 Å². The first-order valence-electron chi connectivity index (χ1n) is 7.54. The van der Waals surface area contributed by atoms with Crippen LogP contribution in [0.3, 0.4) is 0 Å². The minimum Gasteiger partial charge on any atom is -0.310 e. The molecule has 1 saturated heterocycles. The predicted octanol–water partition coefficient (Wildman–Crippen LogP) is 2.88. The highest BCUT2D eigenvalue weighted by atomic mass is 15.2. The van der Waals surface area contributed by atoms with E-state index in [0.29, 0.717) is 6.04 Å². The Kier molecular flexibility index (Phi) is 4.48. The molecular weight excluding hydrogens is 208 g/mol. The van der Waals surface area contributed by atoms with Gasteiger partial charge in [-0.1, -0.05) is 13.8 Å². The third kappa shape index (κ3) is 3.69. The number of hydrogen-bond donors (Lipinski definition) is 1. The van der Waals surface area contributed by atoms with Gasteiger partial charge in [0.05, 0.1) is 0 Å². The van der Waals surface area contributed by atoms with E-state index in [4.69, 9.17) is 0 Å². The molecule has 1 aliphatic heterocycles. The normalized spacial score (nSPS) is 40.1. The Morgan fingerprint density at radius 2 is 1.65 bits per heavy atom. The van der Waals surface area contributed by atoms with Gasteiger partial charge in [-0.05, 0) is 57.9 Å². The summed E-state index contributed by atoms with van der Waals surface area (Å²) in [5.41, 5.74) is 0. The maximum Gasteiger partial charge on any atom is 0.0209 e. The van der Waals surface area contributed by atoms with Gasteiger partial charge >= 0.3 is 0 Å². The molecule has 1 saturated carbocycles. The van der Waals surface area contributed by atoms with Crippen LogP contribution in [0.4, 0.5) is 0 Å². The highest BCUT2D eigenvalue weighted by molar-refractivity contribution is 4.88. The first-order chi connectivity index (χ1) is 8.04. The van der Waals surface area contributed by atoms with Gasteiger partial charge in [-0.2, -0.15) is 0 Å². The highest BCUT2D eigenvalue weighted by Crippen LogP contribution is 2.29. The molecule has 2 nitrogen and oxygen atoms in total. The van der Waals surface area contributed by atoms with Gasteiger partial charge in [-0.15, -0.1) is 0 Å². The van der Waals surface area contributed by atoms with Crippen molar-refractivity contribution in [2.45, 2.75) is 71.5 Å². The number of likely N-dealkylation sites (tertiary alicyclic amines) is 1. The Labute approximate surface area is 107 Å². The van der Waals surface area contributed by atoms with Crippen molar-refractivity contribution in [2.75, 3.05) is 13.1 Å². The highest BCUT2D eigenvalue weighted by Gasteiger charge is 2.29. The molecule has 2 aliphatic rings. The number of hydrogen-bond acceptors (Lipinski definition) is 2. The smallest absolute Gasteiger partial charge is 0.0209 e. The molecule has 3 atom stereocenters. The second-order valence-corrected chi connectivity index (χ2v) is 6.86. The van der Waals surface area contributed by atoms with E-state index in [1.54, 1.807) is 0 Å². The van der Waals surface area contributed by atoms with Crippen molar-refractivity contribution < 1.29 is 0 Å². The lowest BCUT2D eigenvalue weighted by Gasteiger charge is -2.34. The third-order valence-electron chi connectivity index (χ3n) is 4.60. The molecule has 1 aliphatic carbocycles. The standard InChI is InChI=1S/C15H30N2/c1-11(2)17-6-5-14(10-17)16-15-8-12(3)7-13(4)9-15/h11-16H,5-10H2,1-4H3. The van der Waals surface area contributed by atoms with Crippen LogP contribution in [-0.2, 0) is 0 Å². The van der Waals surface area contributed by atoms with Crippen molar-refractivity contribution in [3.8, 4) is 0 Å². The Morgan fingerprint density at radius 3 is 2.18 bits per heavy atom. The molecule has 2 heteroatoms. The Bertz CT molecular complexity index is 229. The molecule has 17 heavy (non-hydrogen) atoms. The Morgan fingerprint density at radius 1 is 1.00 bits per heavy atom. The molecule has 3 unspecified atom stereocenters. The fourth-order valence-corrected chi connectivity index (χ4v) is 3.81. The molecule has 0 spiro atoms. The monoisotopic (exact) mass is 238 g/mol. The van der Waals surface area contributed by atoms with E-state index < -0.39 is 0 Å². The predicted molar refractivity (Wildman–Crippen MR) is 74.2 cm³/mol. The summed E-state index contributed by atoms with van der Waals surface area (Å²) in [5.74, 6) is 1.83. The van der Waals surface area contributed by atoms with Gasteiger partial charge in [0, 0.05) is 24.7 Å². The zero-order valence-electron chi connectivity index (χ0n) is 12.1. The fraction of sp³-hybridized carbons (Fsp3) is 1.00. The van der Waals surface area contributed by atoms with Crippen molar-refractivity contribution in [3.63, 3.8) is 0 Å². The largest absolute Gasteiger partial charge is 0.310 e. The van der Waals surface area contributed by atoms with E-state index in [2.05, 4.69) is 37.9 Å². The second-order valence-electron chi connectivity index (χ2n) is 6.86. The van der Waals surface area contributed by atoms with Gasteiger partial charge in [-0.3, -0.25) is 4.90 Å². The first-order valence-corrected chi connectivity index (χ1v) is 7.54. The van der Waals surface area contributed by atoms with Crippen LogP contribution in [0, 0.1) is 11.8 Å². The van der Waals surface area contributed by atoms with E-state index in [0.717, 1.165) is 23.9 Å². The minimum absolute atomic E-state index is 0.714. The zero-order chi connectivity index (χ0) is 12.4. The van der Waals surface area contributed by atoms with E-state index in [1.807, 2.05) is 0 Å². The lowest BCUT2D eigenvalue weighted by Crippen LogP contribution is -2.44. The van der Waals surface area contributed by atoms with E-state index >= 15 is 0 Å². The van der Waals surface area contributed by atoms with Crippen molar-refractivity contribution in [2.24, 2.45) is 11.8 Å². The molecule has 0 bridgehead atoms. The summed E-state index contributed by atoms with van der Waals surface area (Å²) in [6.45, 7) is 12.0. The molecular formula is C15H30N2. The number of rotatable bonds is 3. The van der Waals surface area contributed by atoms with Crippen LogP contribution < -0.4 is 5.32 Å². The van der Waals surface area contributed by atoms with Gasteiger partial charge in [0.15, 0.2) is 0 Å². The zero-order valence-corrected chi connectivity index (χ0v) is 12.1. The lowest BCUT2D eigenvalue weighted by atomic mass is 9.80. The first kappa shape index (κ1) is 13.4. The van der Waals surface area contributed by atoms with Crippen LogP contribution >= 0.6 is 0 Å². The second kappa shape index (κ2) is 5.71. The third-order valence-corrected chi connectivity index (χ3v) is 4.60. The van der Waals surface area contributed by atoms with Crippen molar-refractivity contribution >= 4 is 0 Å². The van der Waals surface area contributed by atoms with Gasteiger partial charge in [-0.25, -0.2) is 0 Å². The molecule has 0 aromatic heterocycles. The number of nitrogens with zero attached hydrogens (tertiary/aromatic N) is 1. The molecule has 1 heterocycles. The molecule has 100 valence electrons. The van der Waals surface area contributed by atoms with Crippen LogP contribution in [0.15, 0.2) is 0 Å². The van der Waals surface area contributed by atoms with Crippen LogP contribution in [-0.4, -0.2) is 36.1 Å². The van der Waals surface area contributed by atoms with Crippen LogP contribution in [0.2, 0.25) is 0 Å². The van der Waals surface area contributed by atoms with Crippen LogP contribution in [0.5, 0.6) is 0 Å². The average molecular weight is 238 g/mol. The van der Waals surface area contributed by atoms with Gasteiger partial charge in [0.1, 0.15) is 0 Å². The Hall–Kier alpha value is -0.0800. The van der Waals surface area contributed by atoms with Gasteiger partial charge < -0.3 is 5.32 Å². The molecule has 0 aromatic carbocycles. The summed E-state index contributed by atoms with van der Waals surface area (Å²) in [6.07, 6.45) is 5.56. The maximum absolute atomic E-state index is 3.92. The Balaban J connectivity index is 1.78. The minimum atomic E-state index is 0.714. The SMILES string of the molecule is CC1CC(C)CC(NC2CCN(C(C)C)C2)C1. The van der Waals surface area contributed by atoms with Crippen molar-refractivity contribution in [3.05, 3.63) is 0 Å². The summed E-state index contributed by atoms with van der Waals surface area (Å²) in [7, 11) is 0. The molecule has 2 rings (SSSR count). The molecule has 0 radical (unpaired) electrons. The quantitative estimate of drug-likeness (QED) is 0.813. The molecule has 0 amide bonds. The van der Waals surface area contributed by atoms with Crippen LogP contribution in [0.1, 0.15) is 53.4 Å². The lowest BCUT2D eigenvalue weighted by molar-refractivity contribution is 0.218. The van der Waals surface area contributed by atoms with Crippen molar-refractivity contribution in [1.82, 2.24) is 10.2 Å². The van der Waals surface area contributed by atoms with E-state index in [-0.39, 0.29) is 0 Å². The number of nitrogens with one attached hydrogen (secondary N) is 1. The summed E-state index contributed by atoms with van der Waals surface area (Å²) >= 11 is 0. The average Bonchev–Trinajstić information content (AvgIpc) is 2.64. The van der Waals surface area contributed by atoms with E-state index in [9.17, 15) is 0 Å². The maximum atomic E-state index is 3.92. The summed E-state index contributed by atoms with van der Waals surface area (Å²) in [4.78, 5) is 2.60. The summed E-state index contributed by atoms with van der Waals surface area (Å²) in [5, 5.41) is 3.92. The summed E-state index contributed by atoms with van der Waals surface area (Å²) in [6, 6.07) is 2.25. The topological polar surface area (TPSA) is 15.3 Å². The molecule has 0 aromatic rings. The van der Waals surface area contributed by atoms with Crippen LogP contribution in [0.25, 0.3) is 0 Å². The van der Waals surface area contributed by atoms with E-state index in [1.165, 1.54) is 38.8 Å². The van der Waals surface area contributed by atoms with Gasteiger partial charge in [0.25, 0.3) is 0 Å². The molecule has 2 fully saturated rings. The summed E-state index contributed by atoms with van der Waals surface area (Å²) < 4.78 is 0. The van der Waals surface area contributed by atoms with Gasteiger partial charge in [0.2, 0.25) is 0 Å². The molecule has 1 N–H and O–H groups in total. The fourth-order valence-electron chi connectivity index (χ4n) is 3.81.